The van der Waals surface area contributed by atoms with E-state index in [9.17, 15) is 0 Å². The molecule has 1 aromatic carbocycles. The maximum atomic E-state index is 9.01. The Morgan fingerprint density at radius 2 is 1.87 bits per heavy atom. The molecule has 0 saturated heterocycles. The number of rotatable bonds is 2. The Labute approximate surface area is 133 Å². The van der Waals surface area contributed by atoms with Gasteiger partial charge in [0.1, 0.15) is 6.07 Å². The second kappa shape index (κ2) is 5.39. The SMILES string of the molecule is N#Cc1cncc(-c2ccc3c(ccn3-c3cccnc3)c2)c1. The zero-order valence-corrected chi connectivity index (χ0v) is 12.2. The van der Waals surface area contributed by atoms with Gasteiger partial charge in [-0.1, -0.05) is 6.07 Å². The summed E-state index contributed by atoms with van der Waals surface area (Å²) in [6.45, 7) is 0. The number of nitrogens with zero attached hydrogens (tertiary/aromatic N) is 4. The highest BCUT2D eigenvalue weighted by Gasteiger charge is 2.06. The topological polar surface area (TPSA) is 54.5 Å². The quantitative estimate of drug-likeness (QED) is 0.562. The standard InChI is InChI=1S/C19H12N4/c20-10-14-8-17(12-22-11-14)15-3-4-19-16(9-15)5-7-23(19)18-2-1-6-21-13-18/h1-9,11-13H. The molecule has 3 aromatic heterocycles. The number of hydrogen-bond acceptors (Lipinski definition) is 3. The molecule has 0 spiro atoms. The molecule has 4 nitrogen and oxygen atoms in total. The van der Waals surface area contributed by atoms with E-state index in [1.807, 2.05) is 36.7 Å². The summed E-state index contributed by atoms with van der Waals surface area (Å²) in [5, 5.41) is 10.1. The van der Waals surface area contributed by atoms with Crippen molar-refractivity contribution in [1.82, 2.24) is 14.5 Å². The molecular weight excluding hydrogens is 284 g/mol. The molecule has 23 heavy (non-hydrogen) atoms. The van der Waals surface area contributed by atoms with Crippen molar-refractivity contribution in [3.05, 3.63) is 79.0 Å². The molecule has 4 rings (SSSR count). The van der Waals surface area contributed by atoms with Crippen LogP contribution >= 0.6 is 0 Å². The van der Waals surface area contributed by atoms with Crippen LogP contribution in [0.15, 0.2) is 73.4 Å². The normalized spacial score (nSPS) is 10.6. The lowest BCUT2D eigenvalue weighted by molar-refractivity contribution is 1.10. The fourth-order valence-corrected chi connectivity index (χ4v) is 2.70. The zero-order valence-electron chi connectivity index (χ0n) is 12.2. The summed E-state index contributed by atoms with van der Waals surface area (Å²) in [4.78, 5) is 8.30. The first kappa shape index (κ1) is 13.2. The third-order valence-electron chi connectivity index (χ3n) is 3.82. The molecule has 0 atom stereocenters. The summed E-state index contributed by atoms with van der Waals surface area (Å²) in [7, 11) is 0. The number of aromatic nitrogens is 3. The Kier molecular flexibility index (Phi) is 3.10. The average molecular weight is 296 g/mol. The Hall–Kier alpha value is -3.45. The maximum absolute atomic E-state index is 9.01. The summed E-state index contributed by atoms with van der Waals surface area (Å²) in [5.41, 5.74) is 4.70. The zero-order chi connectivity index (χ0) is 15.6. The van der Waals surface area contributed by atoms with Crippen molar-refractivity contribution in [2.75, 3.05) is 0 Å². The molecule has 0 saturated carbocycles. The smallest absolute Gasteiger partial charge is 0.101 e. The molecule has 0 fully saturated rings. The largest absolute Gasteiger partial charge is 0.315 e. The van der Waals surface area contributed by atoms with Gasteiger partial charge in [-0.2, -0.15) is 5.26 Å². The van der Waals surface area contributed by atoms with Gasteiger partial charge in [0.2, 0.25) is 0 Å². The van der Waals surface area contributed by atoms with Crippen LogP contribution < -0.4 is 0 Å². The minimum atomic E-state index is 0.565. The van der Waals surface area contributed by atoms with E-state index in [0.29, 0.717) is 5.56 Å². The van der Waals surface area contributed by atoms with E-state index in [1.54, 1.807) is 18.6 Å². The van der Waals surface area contributed by atoms with Gasteiger partial charge in [-0.3, -0.25) is 9.97 Å². The third-order valence-corrected chi connectivity index (χ3v) is 3.82. The van der Waals surface area contributed by atoms with Crippen molar-refractivity contribution in [3.63, 3.8) is 0 Å². The van der Waals surface area contributed by atoms with Crippen molar-refractivity contribution in [3.8, 4) is 22.9 Å². The van der Waals surface area contributed by atoms with Crippen LogP contribution in [0, 0.1) is 11.3 Å². The van der Waals surface area contributed by atoms with Crippen molar-refractivity contribution in [1.29, 1.82) is 5.26 Å². The number of hydrogen-bond donors (Lipinski definition) is 0. The van der Waals surface area contributed by atoms with E-state index < -0.39 is 0 Å². The second-order valence-electron chi connectivity index (χ2n) is 5.24. The van der Waals surface area contributed by atoms with Gasteiger partial charge in [0.15, 0.2) is 0 Å². The van der Waals surface area contributed by atoms with Gasteiger partial charge >= 0.3 is 0 Å². The van der Waals surface area contributed by atoms with Crippen LogP contribution in [-0.4, -0.2) is 14.5 Å². The first-order valence-electron chi connectivity index (χ1n) is 7.22. The molecule has 4 aromatic rings. The number of benzene rings is 1. The van der Waals surface area contributed by atoms with E-state index in [2.05, 4.69) is 38.8 Å². The lowest BCUT2D eigenvalue weighted by atomic mass is 10.0. The third kappa shape index (κ3) is 2.34. The summed E-state index contributed by atoms with van der Waals surface area (Å²) in [5.74, 6) is 0. The molecule has 4 heteroatoms. The first-order valence-corrected chi connectivity index (χ1v) is 7.22. The van der Waals surface area contributed by atoms with Gasteiger partial charge in [0.25, 0.3) is 0 Å². The van der Waals surface area contributed by atoms with E-state index in [4.69, 9.17) is 5.26 Å². The van der Waals surface area contributed by atoms with Gasteiger partial charge < -0.3 is 4.57 Å². The van der Waals surface area contributed by atoms with Crippen molar-refractivity contribution in [2.24, 2.45) is 0 Å². The van der Waals surface area contributed by atoms with Gasteiger partial charge in [-0.25, -0.2) is 0 Å². The van der Waals surface area contributed by atoms with Gasteiger partial charge in [-0.05, 0) is 42.0 Å². The van der Waals surface area contributed by atoms with Crippen LogP contribution in [0.3, 0.4) is 0 Å². The van der Waals surface area contributed by atoms with Crippen LogP contribution in [0.2, 0.25) is 0 Å². The van der Waals surface area contributed by atoms with Crippen LogP contribution in [0.5, 0.6) is 0 Å². The molecule has 0 bridgehead atoms. The Morgan fingerprint density at radius 3 is 2.70 bits per heavy atom. The molecular formula is C19H12N4. The predicted octanol–water partition coefficient (Wildman–Crippen LogP) is 3.96. The minimum absolute atomic E-state index is 0.565. The Bertz CT molecular complexity index is 1030. The van der Waals surface area contributed by atoms with Crippen LogP contribution in [0.4, 0.5) is 0 Å². The second-order valence-corrected chi connectivity index (χ2v) is 5.24. The van der Waals surface area contributed by atoms with Crippen LogP contribution in [-0.2, 0) is 0 Å². The molecule has 0 aliphatic rings. The minimum Gasteiger partial charge on any atom is -0.315 e. The maximum Gasteiger partial charge on any atom is 0.101 e. The highest BCUT2D eigenvalue weighted by Crippen LogP contribution is 2.26. The summed E-state index contributed by atoms with van der Waals surface area (Å²) < 4.78 is 2.11. The molecule has 0 aliphatic heterocycles. The van der Waals surface area contributed by atoms with Crippen molar-refractivity contribution < 1.29 is 0 Å². The fraction of sp³-hybridized carbons (Fsp3) is 0. The Balaban J connectivity index is 1.83. The fourth-order valence-electron chi connectivity index (χ4n) is 2.70. The highest BCUT2D eigenvalue weighted by atomic mass is 15.0. The molecule has 0 radical (unpaired) electrons. The molecule has 0 amide bonds. The number of pyridine rings is 2. The lowest BCUT2D eigenvalue weighted by Gasteiger charge is -2.06. The van der Waals surface area contributed by atoms with E-state index in [0.717, 1.165) is 27.7 Å². The van der Waals surface area contributed by atoms with Crippen LogP contribution in [0.25, 0.3) is 27.7 Å². The van der Waals surface area contributed by atoms with Gasteiger partial charge in [-0.15, -0.1) is 0 Å². The number of nitriles is 1. The summed E-state index contributed by atoms with van der Waals surface area (Å²) >= 11 is 0. The van der Waals surface area contributed by atoms with Crippen molar-refractivity contribution >= 4 is 10.9 Å². The highest BCUT2D eigenvalue weighted by molar-refractivity contribution is 5.87. The summed E-state index contributed by atoms with van der Waals surface area (Å²) in [6.07, 6.45) is 8.99. The van der Waals surface area contributed by atoms with Gasteiger partial charge in [0, 0.05) is 35.7 Å². The van der Waals surface area contributed by atoms with E-state index >= 15 is 0 Å². The van der Waals surface area contributed by atoms with E-state index in [1.165, 1.54) is 0 Å². The molecule has 108 valence electrons. The molecule has 3 heterocycles. The lowest BCUT2D eigenvalue weighted by Crippen LogP contribution is -1.92. The van der Waals surface area contributed by atoms with Crippen LogP contribution in [0.1, 0.15) is 5.56 Å². The average Bonchev–Trinajstić information content (AvgIpc) is 3.05. The first-order chi connectivity index (χ1) is 11.3. The monoisotopic (exact) mass is 296 g/mol. The number of fused-ring (bicyclic) bond motifs is 1. The summed E-state index contributed by atoms with van der Waals surface area (Å²) in [6, 6.07) is 16.3. The molecule has 0 unspecified atom stereocenters. The molecule has 0 aliphatic carbocycles. The van der Waals surface area contributed by atoms with E-state index in [-0.39, 0.29) is 0 Å². The Morgan fingerprint density at radius 1 is 0.913 bits per heavy atom. The van der Waals surface area contributed by atoms with Gasteiger partial charge in [0.05, 0.1) is 23.0 Å². The molecule has 0 N–H and O–H groups in total. The van der Waals surface area contributed by atoms with Crippen molar-refractivity contribution in [2.45, 2.75) is 0 Å². The predicted molar refractivity (Wildman–Crippen MR) is 89.0 cm³/mol.